The van der Waals surface area contributed by atoms with Gasteiger partial charge in [-0.1, -0.05) is 23.2 Å². The summed E-state index contributed by atoms with van der Waals surface area (Å²) in [6, 6.07) is 1.75. The number of nitrogens with zero attached hydrogens (tertiary/aromatic N) is 5. The maximum absolute atomic E-state index is 9.47. The fourth-order valence-corrected chi connectivity index (χ4v) is 0.800. The smallest absolute Gasteiger partial charge is 1.00 e. The van der Waals surface area contributed by atoms with Crippen LogP contribution in [0.5, 0.6) is 0 Å². The van der Waals surface area contributed by atoms with Gasteiger partial charge in [0.1, 0.15) is 0 Å². The zero-order valence-electron chi connectivity index (χ0n) is 22.3. The second kappa shape index (κ2) is 30.3. The van der Waals surface area contributed by atoms with Crippen LogP contribution in [0.15, 0.2) is 0 Å². The van der Waals surface area contributed by atoms with Crippen LogP contribution in [0.25, 0.3) is 0 Å². The summed E-state index contributed by atoms with van der Waals surface area (Å²) in [6.07, 6.45) is 1.36. The van der Waals surface area contributed by atoms with Crippen LogP contribution in [-0.2, 0) is 28.9 Å². The summed E-state index contributed by atoms with van der Waals surface area (Å²) < 4.78 is 44.1. The van der Waals surface area contributed by atoms with Gasteiger partial charge in [0.25, 0.3) is 20.2 Å². The van der Waals surface area contributed by atoms with Gasteiger partial charge in [-0.05, 0) is 28.2 Å². The molecule has 0 amide bonds. The molecule has 0 aromatic carbocycles. The molecule has 0 aliphatic rings. The SMILES string of the molecule is CC#N.CN(C)C(Cl)(Cl)N(C)C.CN(C)C(Cl)=[N+](C)C.CS(=O)(=O)O[O-].CS(=O)(=O)O[O-].[Cl-].[Na+].[Na+]. The first kappa shape index (κ1) is 56.8. The monoisotopic (exact) mass is 649 g/mol. The molecule has 0 atom stereocenters. The number of alkyl halides is 2. The van der Waals surface area contributed by atoms with Crippen LogP contribution in [0.2, 0.25) is 0 Å². The van der Waals surface area contributed by atoms with E-state index in [0.717, 1.165) is 5.29 Å². The molecule has 35 heavy (non-hydrogen) atoms. The molecule has 13 nitrogen and oxygen atoms in total. The van der Waals surface area contributed by atoms with E-state index in [-0.39, 0.29) is 71.5 Å². The van der Waals surface area contributed by atoms with Gasteiger partial charge in [-0.15, -0.1) is 0 Å². The van der Waals surface area contributed by atoms with Gasteiger partial charge in [-0.25, -0.2) is 16.8 Å². The van der Waals surface area contributed by atoms with E-state index in [1.807, 2.05) is 65.9 Å². The van der Waals surface area contributed by atoms with E-state index in [1.54, 1.807) is 15.9 Å². The average molecular weight is 651 g/mol. The van der Waals surface area contributed by atoms with Gasteiger partial charge in [-0.2, -0.15) is 5.26 Å². The van der Waals surface area contributed by atoms with Crippen molar-refractivity contribution in [1.29, 1.82) is 5.26 Å². The second-order valence-corrected chi connectivity index (χ2v) is 10.8. The third kappa shape index (κ3) is 52.9. The number of halogens is 4. The molecule has 0 aromatic rings. The number of hydrogen-bond donors (Lipinski definition) is 0. The Hall–Kier alpha value is 1.78. The Morgan fingerprint density at radius 3 is 1.06 bits per heavy atom. The molecule has 0 rings (SSSR count). The van der Waals surface area contributed by atoms with E-state index in [9.17, 15) is 16.8 Å². The van der Waals surface area contributed by atoms with E-state index in [1.165, 1.54) is 6.92 Å². The number of hydrogen-bond acceptors (Lipinski definition) is 11. The molecule has 0 fully saturated rings. The summed E-state index contributed by atoms with van der Waals surface area (Å²) in [5.41, 5.74) is 0. The molecule has 0 N–H and O–H groups in total. The Balaban J connectivity index is -0.0000000438. The summed E-state index contributed by atoms with van der Waals surface area (Å²) in [5.74, 6) is 0. The van der Waals surface area contributed by atoms with Crippen LogP contribution >= 0.6 is 34.8 Å². The number of nitriles is 1. The summed E-state index contributed by atoms with van der Waals surface area (Å²) >= 11 is 17.4. The molecule has 0 aliphatic carbocycles. The van der Waals surface area contributed by atoms with Crippen LogP contribution in [0, 0.1) is 11.3 Å². The van der Waals surface area contributed by atoms with Crippen LogP contribution < -0.4 is 82.0 Å². The third-order valence-corrected chi connectivity index (χ3v) is 4.58. The molecular weight excluding hydrogens is 618 g/mol. The predicted octanol–water partition coefficient (Wildman–Crippen LogP) is -10.4. The zero-order valence-corrected chi connectivity index (χ0v) is 31.0. The van der Waals surface area contributed by atoms with Gasteiger partial charge in [0.2, 0.25) is 4.58 Å². The Bertz CT molecular complexity index is 721. The minimum Gasteiger partial charge on any atom is -1.00 e. The molecule has 0 spiro atoms. The van der Waals surface area contributed by atoms with Gasteiger partial charge < -0.3 is 31.6 Å². The van der Waals surface area contributed by atoms with Gasteiger partial charge >= 0.3 is 64.4 Å². The molecule has 0 radical (unpaired) electrons. The third-order valence-electron chi connectivity index (χ3n) is 2.06. The first-order chi connectivity index (χ1) is 14.0. The van der Waals surface area contributed by atoms with E-state index in [4.69, 9.17) is 50.6 Å². The first-order valence-corrected chi connectivity index (χ1v) is 12.7. The van der Waals surface area contributed by atoms with Crippen LogP contribution in [0.3, 0.4) is 0 Å². The molecule has 0 aromatic heterocycles. The van der Waals surface area contributed by atoms with Crippen molar-refractivity contribution < 1.29 is 112 Å². The van der Waals surface area contributed by atoms with Crippen LogP contribution in [-0.4, -0.2) is 115 Å². The molecule has 0 saturated heterocycles. The topological polar surface area (TPSA) is 169 Å². The van der Waals surface area contributed by atoms with Gasteiger partial charge in [0, 0.05) is 18.5 Å². The molecule has 0 aliphatic heterocycles. The minimum atomic E-state index is -3.72. The molecule has 0 saturated carbocycles. The molecule has 0 unspecified atom stereocenters. The van der Waals surface area contributed by atoms with E-state index < -0.39 is 24.8 Å². The Kier molecular flexibility index (Phi) is 49.3. The largest absolute Gasteiger partial charge is 1.00 e. The Morgan fingerprint density at radius 2 is 1.06 bits per heavy atom. The van der Waals surface area contributed by atoms with Crippen molar-refractivity contribution in [2.24, 2.45) is 0 Å². The Labute approximate surface area is 276 Å². The van der Waals surface area contributed by atoms with Crippen LogP contribution in [0.1, 0.15) is 6.92 Å². The van der Waals surface area contributed by atoms with Gasteiger partial charge in [-0.3, -0.25) is 19.3 Å². The first-order valence-electron chi connectivity index (χ1n) is 7.91. The normalized spacial score (nSPS) is 9.63. The maximum atomic E-state index is 9.47. The molecular formula is C14H33Cl4N5Na2O8S2. The van der Waals surface area contributed by atoms with Crippen molar-refractivity contribution in [2.45, 2.75) is 11.5 Å². The molecule has 204 valence electrons. The maximum Gasteiger partial charge on any atom is 1.00 e. The number of rotatable bonds is 4. The number of amidine groups is 1. The fourth-order valence-electron chi connectivity index (χ4n) is 0.800. The van der Waals surface area contributed by atoms with Crippen molar-refractivity contribution in [3.05, 3.63) is 0 Å². The fraction of sp³-hybridized carbons (Fsp3) is 0.857. The summed E-state index contributed by atoms with van der Waals surface area (Å²) in [6.45, 7) is 1.43. The average Bonchev–Trinajstić information content (AvgIpc) is 2.61. The quantitative estimate of drug-likeness (QED) is 0.0325. The van der Waals surface area contributed by atoms with E-state index >= 15 is 0 Å². The minimum absolute atomic E-state index is 0. The van der Waals surface area contributed by atoms with Gasteiger partial charge in [0.05, 0.1) is 46.8 Å². The summed E-state index contributed by atoms with van der Waals surface area (Å²) in [4.78, 5) is 5.29. The van der Waals surface area contributed by atoms with Crippen molar-refractivity contribution in [3.8, 4) is 6.07 Å². The molecule has 21 heteroatoms. The zero-order chi connectivity index (χ0) is 27.5. The van der Waals surface area contributed by atoms with Crippen LogP contribution in [0.4, 0.5) is 0 Å². The van der Waals surface area contributed by atoms with Crippen molar-refractivity contribution in [3.63, 3.8) is 0 Å². The van der Waals surface area contributed by atoms with Crippen molar-refractivity contribution >= 4 is 60.3 Å². The van der Waals surface area contributed by atoms with Crippen molar-refractivity contribution in [1.82, 2.24) is 14.7 Å². The second-order valence-electron chi connectivity index (χ2n) is 6.12. The summed E-state index contributed by atoms with van der Waals surface area (Å²) in [5, 5.41) is 25.8. The Morgan fingerprint density at radius 1 is 0.886 bits per heavy atom. The van der Waals surface area contributed by atoms with E-state index in [2.05, 4.69) is 8.67 Å². The van der Waals surface area contributed by atoms with Gasteiger partial charge in [0.15, 0.2) is 0 Å². The van der Waals surface area contributed by atoms with Crippen molar-refractivity contribution in [2.75, 3.05) is 68.9 Å². The van der Waals surface area contributed by atoms with E-state index in [0.29, 0.717) is 12.5 Å². The summed E-state index contributed by atoms with van der Waals surface area (Å²) in [7, 11) is 7.46. The predicted molar refractivity (Wildman–Crippen MR) is 122 cm³/mol. The molecule has 0 bridgehead atoms. The molecule has 0 heterocycles. The standard InChI is InChI=1S/C5H12Cl2N2.C5H12ClN2.C2H3N.2CH4O4S.ClH.2Na/c1-8(2)5(6,7)9(3)4;1-7(2)5(6)8(3)4;1-2-3;2*1-6(3,4)5-2;;;/h1-4H3;1-4H3;1H3;2*2H,1H3;1H;;/q;+1;;;;;2*+1/p-3.